The van der Waals surface area contributed by atoms with Crippen LogP contribution < -0.4 is 25.6 Å². The number of para-hydroxylation sites is 1. The molecule has 3 heterocycles. The SMILES string of the molecule is CNC(=O)c1ccccc1Nc1cc(Nc2ccc3c(c2)OC[C@]2(C)CN(C)CCN32)ncc1C(F)(F)F. The van der Waals surface area contributed by atoms with Crippen molar-refractivity contribution in [2.45, 2.75) is 18.6 Å². The van der Waals surface area contributed by atoms with Crippen molar-refractivity contribution in [3.8, 4) is 5.75 Å². The maximum atomic E-state index is 13.8. The molecule has 38 heavy (non-hydrogen) atoms. The van der Waals surface area contributed by atoms with Crippen molar-refractivity contribution in [3.05, 3.63) is 65.9 Å². The number of likely N-dealkylation sites (N-methyl/N-ethyl adjacent to an activating group) is 1. The quantitative estimate of drug-likeness (QED) is 0.439. The van der Waals surface area contributed by atoms with Gasteiger partial charge < -0.3 is 30.5 Å². The Hall–Kier alpha value is -3.99. The number of alkyl halides is 3. The van der Waals surface area contributed by atoms with Crippen molar-refractivity contribution in [1.29, 1.82) is 0 Å². The number of hydrogen-bond acceptors (Lipinski definition) is 7. The van der Waals surface area contributed by atoms with E-state index >= 15 is 0 Å². The standard InChI is InChI=1S/C27H29F3N6O2/c1-26-15-35(3)10-11-36(26)22-9-8-17(12-23(22)38-16-26)33-24-13-21(19(14-32-24)27(28,29)30)34-20-7-5-4-6-18(20)25(37)31-2/h4-9,12-14H,10-11,15-16H2,1-3H3,(H,31,37)(H2,32,33,34)/t26-/m0/s1. The van der Waals surface area contributed by atoms with Gasteiger partial charge in [0.1, 0.15) is 18.2 Å². The van der Waals surface area contributed by atoms with Crippen LogP contribution in [0.15, 0.2) is 54.7 Å². The number of pyridine rings is 1. The lowest BCUT2D eigenvalue weighted by molar-refractivity contribution is -0.137. The van der Waals surface area contributed by atoms with Crippen molar-refractivity contribution < 1.29 is 22.7 Å². The summed E-state index contributed by atoms with van der Waals surface area (Å²) < 4.78 is 47.5. The van der Waals surface area contributed by atoms with E-state index in [4.69, 9.17) is 4.74 Å². The molecule has 2 aliphatic rings. The van der Waals surface area contributed by atoms with Gasteiger partial charge in [-0.25, -0.2) is 4.98 Å². The van der Waals surface area contributed by atoms with Gasteiger partial charge in [0.25, 0.3) is 5.91 Å². The number of nitrogens with one attached hydrogen (secondary N) is 3. The fourth-order valence-corrected chi connectivity index (χ4v) is 5.06. The number of amides is 1. The Bertz CT molecular complexity index is 1360. The lowest BCUT2D eigenvalue weighted by atomic mass is 9.94. The van der Waals surface area contributed by atoms with E-state index < -0.39 is 17.6 Å². The maximum Gasteiger partial charge on any atom is 0.419 e. The third-order valence-corrected chi connectivity index (χ3v) is 6.91. The van der Waals surface area contributed by atoms with E-state index in [1.165, 1.54) is 19.2 Å². The van der Waals surface area contributed by atoms with Crippen LogP contribution in [0.3, 0.4) is 0 Å². The predicted octanol–water partition coefficient (Wildman–Crippen LogP) is 4.85. The topological polar surface area (TPSA) is 81.8 Å². The molecule has 11 heteroatoms. The van der Waals surface area contributed by atoms with Crippen molar-refractivity contribution in [2.75, 3.05) is 55.9 Å². The third kappa shape index (κ3) is 4.93. The summed E-state index contributed by atoms with van der Waals surface area (Å²) in [5.74, 6) is 0.500. The Labute approximate surface area is 218 Å². The minimum absolute atomic E-state index is 0.129. The Morgan fingerprint density at radius 2 is 1.87 bits per heavy atom. The van der Waals surface area contributed by atoms with Crippen LogP contribution in [0.2, 0.25) is 0 Å². The summed E-state index contributed by atoms with van der Waals surface area (Å²) in [6.07, 6.45) is -3.87. The van der Waals surface area contributed by atoms with Gasteiger partial charge in [0.05, 0.1) is 33.7 Å². The normalized spacial score (nSPS) is 19.2. The molecule has 0 aliphatic carbocycles. The number of rotatable bonds is 5. The number of piperazine rings is 1. The van der Waals surface area contributed by atoms with Crippen LogP contribution >= 0.6 is 0 Å². The van der Waals surface area contributed by atoms with Gasteiger partial charge in [0.2, 0.25) is 0 Å². The number of hydrogen-bond donors (Lipinski definition) is 3. The predicted molar refractivity (Wildman–Crippen MR) is 141 cm³/mol. The molecule has 200 valence electrons. The second-order valence-electron chi connectivity index (χ2n) is 9.85. The second-order valence-corrected chi connectivity index (χ2v) is 9.85. The molecule has 2 aromatic carbocycles. The zero-order valence-corrected chi connectivity index (χ0v) is 21.3. The van der Waals surface area contributed by atoms with E-state index in [-0.39, 0.29) is 28.3 Å². The van der Waals surface area contributed by atoms with Gasteiger partial charge >= 0.3 is 6.18 Å². The average molecular weight is 527 g/mol. The fraction of sp³-hybridized carbons (Fsp3) is 0.333. The molecule has 0 bridgehead atoms. The number of halogens is 3. The first-order valence-electron chi connectivity index (χ1n) is 12.2. The zero-order valence-electron chi connectivity index (χ0n) is 21.3. The van der Waals surface area contributed by atoms with Crippen molar-refractivity contribution in [1.82, 2.24) is 15.2 Å². The summed E-state index contributed by atoms with van der Waals surface area (Å²) in [6.45, 7) is 5.43. The number of fused-ring (bicyclic) bond motifs is 3. The van der Waals surface area contributed by atoms with Crippen LogP contribution in [-0.2, 0) is 6.18 Å². The van der Waals surface area contributed by atoms with E-state index in [9.17, 15) is 18.0 Å². The molecule has 0 saturated carbocycles. The molecule has 1 atom stereocenters. The summed E-state index contributed by atoms with van der Waals surface area (Å²) in [5, 5.41) is 8.37. The number of nitrogens with zero attached hydrogens (tertiary/aromatic N) is 3. The van der Waals surface area contributed by atoms with E-state index in [1.54, 1.807) is 18.2 Å². The van der Waals surface area contributed by atoms with E-state index in [2.05, 4.69) is 44.7 Å². The molecule has 8 nitrogen and oxygen atoms in total. The largest absolute Gasteiger partial charge is 0.489 e. The van der Waals surface area contributed by atoms with Gasteiger partial charge in [-0.2, -0.15) is 13.2 Å². The van der Waals surface area contributed by atoms with Gasteiger partial charge in [-0.3, -0.25) is 4.79 Å². The van der Waals surface area contributed by atoms with Gasteiger partial charge in [-0.05, 0) is 38.2 Å². The Balaban J connectivity index is 1.44. The molecule has 0 radical (unpaired) electrons. The first-order chi connectivity index (χ1) is 18.1. The van der Waals surface area contributed by atoms with Crippen molar-refractivity contribution in [2.24, 2.45) is 0 Å². The van der Waals surface area contributed by atoms with Crippen LogP contribution in [-0.4, -0.2) is 61.7 Å². The molecule has 1 fully saturated rings. The number of carbonyl (C=O) groups is 1. The number of carbonyl (C=O) groups excluding carboxylic acids is 1. The molecule has 0 unspecified atom stereocenters. The minimum Gasteiger partial charge on any atom is -0.489 e. The third-order valence-electron chi connectivity index (χ3n) is 6.91. The zero-order chi connectivity index (χ0) is 27.1. The molecule has 3 aromatic rings. The van der Waals surface area contributed by atoms with Gasteiger partial charge in [-0.1, -0.05) is 12.1 Å². The van der Waals surface area contributed by atoms with Crippen LogP contribution in [0, 0.1) is 0 Å². The van der Waals surface area contributed by atoms with E-state index in [1.807, 2.05) is 18.2 Å². The fourth-order valence-electron chi connectivity index (χ4n) is 5.06. The Morgan fingerprint density at radius 1 is 1.08 bits per heavy atom. The highest BCUT2D eigenvalue weighted by Crippen LogP contribution is 2.42. The summed E-state index contributed by atoms with van der Waals surface area (Å²) in [6, 6.07) is 13.3. The first kappa shape index (κ1) is 25.7. The summed E-state index contributed by atoms with van der Waals surface area (Å²) >= 11 is 0. The number of ether oxygens (including phenoxy) is 1. The van der Waals surface area contributed by atoms with Gasteiger partial charge in [0, 0.05) is 50.7 Å². The first-order valence-corrected chi connectivity index (χ1v) is 12.2. The van der Waals surface area contributed by atoms with Crippen LogP contribution in [0.5, 0.6) is 5.75 Å². The number of aromatic nitrogens is 1. The Kier molecular flexibility index (Phi) is 6.56. The smallest absolute Gasteiger partial charge is 0.419 e. The van der Waals surface area contributed by atoms with Gasteiger partial charge in [0.15, 0.2) is 0 Å². The molecular formula is C27H29F3N6O2. The molecule has 1 amide bonds. The highest BCUT2D eigenvalue weighted by atomic mass is 19.4. The highest BCUT2D eigenvalue weighted by Gasteiger charge is 2.41. The maximum absolute atomic E-state index is 13.8. The minimum atomic E-state index is -4.65. The highest BCUT2D eigenvalue weighted by molar-refractivity contribution is 6.00. The summed E-state index contributed by atoms with van der Waals surface area (Å²) in [7, 11) is 3.56. The van der Waals surface area contributed by atoms with Crippen molar-refractivity contribution in [3.63, 3.8) is 0 Å². The van der Waals surface area contributed by atoms with Crippen molar-refractivity contribution >= 4 is 34.5 Å². The van der Waals surface area contributed by atoms with Crippen LogP contribution in [0.4, 0.5) is 41.7 Å². The monoisotopic (exact) mass is 526 g/mol. The lowest BCUT2D eigenvalue weighted by Crippen LogP contribution is -2.64. The van der Waals surface area contributed by atoms with Gasteiger partial charge in [-0.15, -0.1) is 0 Å². The molecule has 2 aliphatic heterocycles. The lowest BCUT2D eigenvalue weighted by Gasteiger charge is -2.52. The molecule has 1 saturated heterocycles. The second kappa shape index (κ2) is 9.71. The van der Waals surface area contributed by atoms with E-state index in [0.29, 0.717) is 18.0 Å². The number of anilines is 5. The molecular weight excluding hydrogens is 497 g/mol. The summed E-state index contributed by atoms with van der Waals surface area (Å²) in [5.41, 5.74) is 0.780. The molecule has 0 spiro atoms. The molecule has 1 aromatic heterocycles. The van der Waals surface area contributed by atoms with E-state index in [0.717, 1.165) is 31.5 Å². The van der Waals surface area contributed by atoms with Crippen LogP contribution in [0.25, 0.3) is 0 Å². The van der Waals surface area contributed by atoms with Crippen LogP contribution in [0.1, 0.15) is 22.8 Å². The number of benzene rings is 2. The molecule has 5 rings (SSSR count). The average Bonchev–Trinajstić information content (AvgIpc) is 2.87. The molecule has 3 N–H and O–H groups in total. The Morgan fingerprint density at radius 3 is 2.63 bits per heavy atom. The summed E-state index contributed by atoms with van der Waals surface area (Å²) in [4.78, 5) is 20.9.